The summed E-state index contributed by atoms with van der Waals surface area (Å²) in [7, 11) is 0. The molecule has 0 saturated heterocycles. The van der Waals surface area contributed by atoms with Crippen LogP contribution in [0.5, 0.6) is 0 Å². The second-order valence-corrected chi connectivity index (χ2v) is 4.77. The monoisotopic (exact) mass is 225 g/mol. The highest BCUT2D eigenvalue weighted by Crippen LogP contribution is 2.13. The Bertz CT molecular complexity index is 309. The van der Waals surface area contributed by atoms with Crippen molar-refractivity contribution >= 4 is 0 Å². The molecule has 0 saturated carbocycles. The number of rotatable bonds is 6. The zero-order valence-corrected chi connectivity index (χ0v) is 10.6. The summed E-state index contributed by atoms with van der Waals surface area (Å²) in [5, 5.41) is 16.6. The van der Waals surface area contributed by atoms with Crippen molar-refractivity contribution in [2.75, 3.05) is 13.2 Å². The second-order valence-electron chi connectivity index (χ2n) is 4.77. The summed E-state index contributed by atoms with van der Waals surface area (Å²) in [6.45, 7) is 9.42. The Morgan fingerprint density at radius 3 is 2.56 bits per heavy atom. The summed E-state index contributed by atoms with van der Waals surface area (Å²) >= 11 is 0. The van der Waals surface area contributed by atoms with Crippen molar-refractivity contribution < 1.29 is 5.11 Å². The van der Waals surface area contributed by atoms with Crippen molar-refractivity contribution in [3.63, 3.8) is 0 Å². The second kappa shape index (κ2) is 6.01. The lowest BCUT2D eigenvalue weighted by atomic mass is 10.1. The Hall–Kier alpha value is -0.870. The van der Waals surface area contributed by atoms with E-state index < -0.39 is 0 Å². The van der Waals surface area contributed by atoms with Crippen molar-refractivity contribution in [2.45, 2.75) is 39.8 Å². The molecule has 1 heterocycles. The van der Waals surface area contributed by atoms with Gasteiger partial charge in [-0.25, -0.2) is 0 Å². The molecule has 0 spiro atoms. The minimum atomic E-state index is 0.227. The van der Waals surface area contributed by atoms with E-state index in [0.717, 1.165) is 6.54 Å². The summed E-state index contributed by atoms with van der Waals surface area (Å²) in [6.07, 6.45) is 3.98. The van der Waals surface area contributed by atoms with Crippen LogP contribution in [0.1, 0.15) is 45.3 Å². The van der Waals surface area contributed by atoms with Crippen LogP contribution in [0, 0.1) is 5.92 Å². The largest absolute Gasteiger partial charge is 0.396 e. The number of aliphatic hydroxyl groups excluding tert-OH is 1. The molecule has 2 N–H and O–H groups in total. The van der Waals surface area contributed by atoms with Gasteiger partial charge in [-0.3, -0.25) is 4.68 Å². The van der Waals surface area contributed by atoms with E-state index >= 15 is 0 Å². The van der Waals surface area contributed by atoms with Gasteiger partial charge in [-0.1, -0.05) is 6.92 Å². The first-order valence-electron chi connectivity index (χ1n) is 5.92. The number of aromatic nitrogens is 2. The van der Waals surface area contributed by atoms with Crippen molar-refractivity contribution in [1.29, 1.82) is 0 Å². The van der Waals surface area contributed by atoms with Crippen molar-refractivity contribution in [3.05, 3.63) is 18.0 Å². The normalized spacial score (nSPS) is 15.4. The maximum Gasteiger partial charge on any atom is 0.0537 e. The first-order chi connectivity index (χ1) is 7.54. The Kier molecular flexibility index (Phi) is 4.96. The van der Waals surface area contributed by atoms with E-state index in [1.807, 2.05) is 17.8 Å². The summed E-state index contributed by atoms with van der Waals surface area (Å²) in [4.78, 5) is 0. The van der Waals surface area contributed by atoms with Crippen LogP contribution in [0.4, 0.5) is 0 Å². The zero-order valence-electron chi connectivity index (χ0n) is 10.6. The standard InChI is InChI=1S/C12H23N3O/c1-9(2)15-7-12(6-14-15)11(4)13-5-10(3)8-16/h6-7,9-11,13,16H,5,8H2,1-4H3. The summed E-state index contributed by atoms with van der Waals surface area (Å²) < 4.78 is 1.96. The topological polar surface area (TPSA) is 50.1 Å². The Labute approximate surface area is 97.7 Å². The van der Waals surface area contributed by atoms with Gasteiger partial charge in [0, 0.05) is 37.0 Å². The minimum Gasteiger partial charge on any atom is -0.396 e. The Morgan fingerprint density at radius 1 is 1.38 bits per heavy atom. The Balaban J connectivity index is 2.49. The van der Waals surface area contributed by atoms with Crippen LogP contribution < -0.4 is 5.32 Å². The molecular formula is C12H23N3O. The maximum absolute atomic E-state index is 8.94. The molecule has 4 nitrogen and oxygen atoms in total. The molecule has 0 amide bonds. The summed E-state index contributed by atoms with van der Waals surface area (Å²) in [5.74, 6) is 0.294. The summed E-state index contributed by atoms with van der Waals surface area (Å²) in [6, 6.07) is 0.679. The van der Waals surface area contributed by atoms with Gasteiger partial charge in [0.05, 0.1) is 6.20 Å². The van der Waals surface area contributed by atoms with E-state index in [4.69, 9.17) is 5.11 Å². The molecular weight excluding hydrogens is 202 g/mol. The van der Waals surface area contributed by atoms with Gasteiger partial charge in [0.15, 0.2) is 0 Å². The van der Waals surface area contributed by atoms with E-state index in [0.29, 0.717) is 12.0 Å². The van der Waals surface area contributed by atoms with Crippen LogP contribution >= 0.6 is 0 Å². The fourth-order valence-electron chi connectivity index (χ4n) is 1.42. The average Bonchev–Trinajstić information content (AvgIpc) is 2.74. The molecule has 4 heteroatoms. The van der Waals surface area contributed by atoms with Crippen LogP contribution in [-0.4, -0.2) is 28.0 Å². The quantitative estimate of drug-likeness (QED) is 0.775. The lowest BCUT2D eigenvalue weighted by Gasteiger charge is -2.15. The van der Waals surface area contributed by atoms with Gasteiger partial charge >= 0.3 is 0 Å². The van der Waals surface area contributed by atoms with Crippen molar-refractivity contribution in [1.82, 2.24) is 15.1 Å². The van der Waals surface area contributed by atoms with Crippen LogP contribution in [0.2, 0.25) is 0 Å². The van der Waals surface area contributed by atoms with Gasteiger partial charge in [0.25, 0.3) is 0 Å². The highest BCUT2D eigenvalue weighted by molar-refractivity contribution is 5.09. The van der Waals surface area contributed by atoms with Gasteiger partial charge < -0.3 is 10.4 Å². The third-order valence-electron chi connectivity index (χ3n) is 2.73. The number of aliphatic hydroxyl groups is 1. The minimum absolute atomic E-state index is 0.227. The van der Waals surface area contributed by atoms with E-state index in [-0.39, 0.29) is 12.6 Å². The zero-order chi connectivity index (χ0) is 12.1. The van der Waals surface area contributed by atoms with E-state index in [1.54, 1.807) is 0 Å². The molecule has 0 fully saturated rings. The average molecular weight is 225 g/mol. The number of hydrogen-bond donors (Lipinski definition) is 2. The van der Waals surface area contributed by atoms with Gasteiger partial charge in [-0.2, -0.15) is 5.10 Å². The molecule has 1 rings (SSSR count). The molecule has 1 aromatic rings. The SMILES string of the molecule is CC(CO)CNC(C)c1cnn(C(C)C)c1. The maximum atomic E-state index is 8.94. The van der Waals surface area contributed by atoms with Gasteiger partial charge in [-0.05, 0) is 26.7 Å². The molecule has 0 aliphatic heterocycles. The highest BCUT2D eigenvalue weighted by atomic mass is 16.3. The van der Waals surface area contributed by atoms with Crippen LogP contribution in [0.15, 0.2) is 12.4 Å². The smallest absolute Gasteiger partial charge is 0.0537 e. The third-order valence-corrected chi connectivity index (χ3v) is 2.73. The fourth-order valence-corrected chi connectivity index (χ4v) is 1.42. The predicted octanol–water partition coefficient (Wildman–Crippen LogP) is 1.74. The number of nitrogens with one attached hydrogen (secondary N) is 1. The molecule has 0 radical (unpaired) electrons. The molecule has 2 unspecified atom stereocenters. The number of hydrogen-bond acceptors (Lipinski definition) is 3. The molecule has 16 heavy (non-hydrogen) atoms. The molecule has 0 aliphatic carbocycles. The van der Waals surface area contributed by atoms with Gasteiger partial charge in [-0.15, -0.1) is 0 Å². The molecule has 2 atom stereocenters. The summed E-state index contributed by atoms with van der Waals surface area (Å²) in [5.41, 5.74) is 1.19. The van der Waals surface area contributed by atoms with E-state index in [2.05, 4.69) is 37.4 Å². The molecule has 0 aliphatic rings. The third kappa shape index (κ3) is 3.61. The van der Waals surface area contributed by atoms with Crippen molar-refractivity contribution in [3.8, 4) is 0 Å². The molecule has 92 valence electrons. The van der Waals surface area contributed by atoms with Crippen LogP contribution in [-0.2, 0) is 0 Å². The number of nitrogens with zero attached hydrogens (tertiary/aromatic N) is 2. The van der Waals surface area contributed by atoms with Crippen LogP contribution in [0.25, 0.3) is 0 Å². The first-order valence-corrected chi connectivity index (χ1v) is 5.92. The lowest BCUT2D eigenvalue weighted by molar-refractivity contribution is 0.231. The highest BCUT2D eigenvalue weighted by Gasteiger charge is 2.10. The van der Waals surface area contributed by atoms with E-state index in [9.17, 15) is 0 Å². The predicted molar refractivity (Wildman–Crippen MR) is 65.3 cm³/mol. The Morgan fingerprint density at radius 2 is 2.06 bits per heavy atom. The first kappa shape index (κ1) is 13.2. The molecule has 0 bridgehead atoms. The van der Waals surface area contributed by atoms with Gasteiger partial charge in [0.2, 0.25) is 0 Å². The van der Waals surface area contributed by atoms with Gasteiger partial charge in [0.1, 0.15) is 0 Å². The van der Waals surface area contributed by atoms with Crippen LogP contribution in [0.3, 0.4) is 0 Å². The fraction of sp³-hybridized carbons (Fsp3) is 0.750. The molecule has 1 aromatic heterocycles. The lowest BCUT2D eigenvalue weighted by Crippen LogP contribution is -2.25. The molecule has 0 aromatic carbocycles. The van der Waals surface area contributed by atoms with Crippen molar-refractivity contribution in [2.24, 2.45) is 5.92 Å². The van der Waals surface area contributed by atoms with E-state index in [1.165, 1.54) is 5.56 Å².